The van der Waals surface area contributed by atoms with Crippen LogP contribution in [-0.4, -0.2) is 53.1 Å². The second-order valence-electron chi connectivity index (χ2n) is 7.57. The number of anilines is 1. The smallest absolute Gasteiger partial charge is 0.240 e. The predicted molar refractivity (Wildman–Crippen MR) is 119 cm³/mol. The van der Waals surface area contributed by atoms with Gasteiger partial charge in [0.1, 0.15) is 0 Å². The van der Waals surface area contributed by atoms with Gasteiger partial charge < -0.3 is 9.80 Å². The molecule has 3 aromatic carbocycles. The van der Waals surface area contributed by atoms with Gasteiger partial charge in [0.15, 0.2) is 0 Å². The van der Waals surface area contributed by atoms with E-state index >= 15 is 0 Å². The minimum atomic E-state index is -3.54. The molecule has 0 radical (unpaired) electrons. The van der Waals surface area contributed by atoms with Crippen molar-refractivity contribution >= 4 is 26.5 Å². The number of nitrogens with zero attached hydrogens (tertiary/aromatic N) is 2. The van der Waals surface area contributed by atoms with E-state index in [0.717, 1.165) is 37.4 Å². The van der Waals surface area contributed by atoms with Crippen molar-refractivity contribution < 1.29 is 8.42 Å². The molecule has 5 nitrogen and oxygen atoms in total. The summed E-state index contributed by atoms with van der Waals surface area (Å²) in [6.07, 6.45) is 0.652. The first-order valence-corrected chi connectivity index (χ1v) is 11.5. The highest BCUT2D eigenvalue weighted by Crippen LogP contribution is 2.21. The first kappa shape index (κ1) is 19.9. The minimum absolute atomic E-state index is 0.326. The number of piperazine rings is 1. The molecule has 1 aliphatic rings. The summed E-state index contributed by atoms with van der Waals surface area (Å²) in [7, 11) is -1.43. The molecule has 0 aromatic heterocycles. The fraction of sp³-hybridized carbons (Fsp3) is 0.304. The molecule has 1 aliphatic heterocycles. The molecule has 29 heavy (non-hydrogen) atoms. The number of fused-ring (bicyclic) bond motifs is 1. The highest BCUT2D eigenvalue weighted by molar-refractivity contribution is 7.89. The summed E-state index contributed by atoms with van der Waals surface area (Å²) in [6.45, 7) is 4.17. The number of rotatable bonds is 6. The highest BCUT2D eigenvalue weighted by Gasteiger charge is 2.18. The lowest BCUT2D eigenvalue weighted by atomic mass is 10.0. The summed E-state index contributed by atoms with van der Waals surface area (Å²) >= 11 is 0. The lowest BCUT2D eigenvalue weighted by Crippen LogP contribution is -2.44. The average molecular weight is 410 g/mol. The Hall–Kier alpha value is -2.41. The number of sulfonamides is 1. The third kappa shape index (κ3) is 4.61. The quantitative estimate of drug-likeness (QED) is 0.680. The van der Waals surface area contributed by atoms with Gasteiger partial charge in [0, 0.05) is 38.4 Å². The molecule has 0 spiro atoms. The maximum absolute atomic E-state index is 12.8. The van der Waals surface area contributed by atoms with E-state index in [4.69, 9.17) is 0 Å². The Bertz CT molecular complexity index is 1080. The Kier molecular flexibility index (Phi) is 5.85. The van der Waals surface area contributed by atoms with Crippen LogP contribution in [0.4, 0.5) is 5.69 Å². The Morgan fingerprint density at radius 1 is 0.897 bits per heavy atom. The third-order valence-electron chi connectivity index (χ3n) is 5.56. The Morgan fingerprint density at radius 2 is 1.62 bits per heavy atom. The third-order valence-corrected chi connectivity index (χ3v) is 7.02. The van der Waals surface area contributed by atoms with Crippen LogP contribution in [0, 0.1) is 0 Å². The molecule has 0 atom stereocenters. The van der Waals surface area contributed by atoms with Crippen molar-refractivity contribution in [1.82, 2.24) is 9.62 Å². The van der Waals surface area contributed by atoms with E-state index in [-0.39, 0.29) is 0 Å². The molecule has 4 rings (SSSR count). The van der Waals surface area contributed by atoms with Crippen LogP contribution in [0.2, 0.25) is 0 Å². The molecule has 1 N–H and O–H groups in total. The molecule has 0 aliphatic carbocycles. The second-order valence-corrected chi connectivity index (χ2v) is 9.34. The summed E-state index contributed by atoms with van der Waals surface area (Å²) in [5.74, 6) is 0. The van der Waals surface area contributed by atoms with Crippen molar-refractivity contribution in [2.75, 3.05) is 44.7 Å². The zero-order valence-corrected chi connectivity index (χ0v) is 17.5. The van der Waals surface area contributed by atoms with Gasteiger partial charge in [-0.3, -0.25) is 0 Å². The van der Waals surface area contributed by atoms with Crippen LogP contribution in [0.5, 0.6) is 0 Å². The van der Waals surface area contributed by atoms with Crippen molar-refractivity contribution in [3.05, 3.63) is 72.3 Å². The van der Waals surface area contributed by atoms with Gasteiger partial charge in [0.05, 0.1) is 4.90 Å². The molecule has 0 unspecified atom stereocenters. The van der Waals surface area contributed by atoms with Crippen molar-refractivity contribution in [3.63, 3.8) is 0 Å². The van der Waals surface area contributed by atoms with Gasteiger partial charge >= 0.3 is 0 Å². The Balaban J connectivity index is 1.44. The van der Waals surface area contributed by atoms with Crippen LogP contribution >= 0.6 is 0 Å². The molecule has 6 heteroatoms. The molecule has 152 valence electrons. The molecular weight excluding hydrogens is 382 g/mol. The van der Waals surface area contributed by atoms with Gasteiger partial charge in [0.2, 0.25) is 10.0 Å². The summed E-state index contributed by atoms with van der Waals surface area (Å²) in [5.41, 5.74) is 2.12. The van der Waals surface area contributed by atoms with Gasteiger partial charge in [-0.05, 0) is 48.0 Å². The highest BCUT2D eigenvalue weighted by atomic mass is 32.2. The molecule has 1 heterocycles. The van der Waals surface area contributed by atoms with Gasteiger partial charge in [-0.1, -0.05) is 48.5 Å². The second kappa shape index (κ2) is 8.53. The van der Waals surface area contributed by atoms with Crippen LogP contribution in [0.3, 0.4) is 0 Å². The average Bonchev–Trinajstić information content (AvgIpc) is 2.74. The molecular formula is C23H27N3O2S. The van der Waals surface area contributed by atoms with Gasteiger partial charge in [-0.25, -0.2) is 13.1 Å². The SMILES string of the molecule is CN1CCN(c2cccc(S(=O)(=O)NCCc3cccc4ccccc34)c2)CC1. The molecule has 0 bridgehead atoms. The minimum Gasteiger partial charge on any atom is -0.369 e. The van der Waals surface area contributed by atoms with Gasteiger partial charge in [0.25, 0.3) is 0 Å². The maximum Gasteiger partial charge on any atom is 0.240 e. The Labute approximate surface area is 173 Å². The van der Waals surface area contributed by atoms with Crippen molar-refractivity contribution in [3.8, 4) is 0 Å². The molecule has 0 saturated carbocycles. The van der Waals surface area contributed by atoms with Gasteiger partial charge in [-0.15, -0.1) is 0 Å². The van der Waals surface area contributed by atoms with Crippen molar-refractivity contribution in [1.29, 1.82) is 0 Å². The zero-order chi connectivity index (χ0) is 20.3. The number of hydrogen-bond donors (Lipinski definition) is 1. The normalized spacial score (nSPS) is 15.7. The molecule has 0 amide bonds. The molecule has 1 fully saturated rings. The van der Waals surface area contributed by atoms with E-state index in [1.165, 1.54) is 10.8 Å². The lowest BCUT2D eigenvalue weighted by molar-refractivity contribution is 0.313. The summed E-state index contributed by atoms with van der Waals surface area (Å²) < 4.78 is 28.4. The van der Waals surface area contributed by atoms with Crippen LogP contribution < -0.4 is 9.62 Å². The van der Waals surface area contributed by atoms with Crippen LogP contribution in [0.25, 0.3) is 10.8 Å². The number of benzene rings is 3. The van der Waals surface area contributed by atoms with E-state index < -0.39 is 10.0 Å². The monoisotopic (exact) mass is 409 g/mol. The van der Waals surface area contributed by atoms with E-state index in [2.05, 4.69) is 45.8 Å². The number of hydrogen-bond acceptors (Lipinski definition) is 4. The predicted octanol–water partition coefficient (Wildman–Crippen LogP) is 3.11. The van der Waals surface area contributed by atoms with E-state index in [0.29, 0.717) is 17.9 Å². The maximum atomic E-state index is 12.8. The van der Waals surface area contributed by atoms with Crippen molar-refractivity contribution in [2.45, 2.75) is 11.3 Å². The number of likely N-dealkylation sites (N-methyl/N-ethyl adjacent to an activating group) is 1. The van der Waals surface area contributed by atoms with Crippen LogP contribution in [-0.2, 0) is 16.4 Å². The van der Waals surface area contributed by atoms with E-state index in [9.17, 15) is 8.42 Å². The fourth-order valence-electron chi connectivity index (χ4n) is 3.83. The van der Waals surface area contributed by atoms with E-state index in [1.54, 1.807) is 12.1 Å². The Morgan fingerprint density at radius 3 is 2.45 bits per heavy atom. The largest absolute Gasteiger partial charge is 0.369 e. The first-order valence-electron chi connectivity index (χ1n) is 10.0. The summed E-state index contributed by atoms with van der Waals surface area (Å²) in [6, 6.07) is 21.6. The van der Waals surface area contributed by atoms with Crippen molar-refractivity contribution in [2.24, 2.45) is 0 Å². The van der Waals surface area contributed by atoms with Crippen LogP contribution in [0.15, 0.2) is 71.6 Å². The topological polar surface area (TPSA) is 52.7 Å². The molecule has 3 aromatic rings. The van der Waals surface area contributed by atoms with E-state index in [1.807, 2.05) is 30.3 Å². The lowest BCUT2D eigenvalue weighted by Gasteiger charge is -2.34. The van der Waals surface area contributed by atoms with Crippen LogP contribution in [0.1, 0.15) is 5.56 Å². The summed E-state index contributed by atoms with van der Waals surface area (Å²) in [5, 5.41) is 2.35. The zero-order valence-electron chi connectivity index (χ0n) is 16.7. The summed E-state index contributed by atoms with van der Waals surface area (Å²) in [4.78, 5) is 4.85. The standard InChI is InChI=1S/C23H27N3O2S/c1-25-14-16-26(17-15-25)21-9-5-10-22(18-21)29(27,28)24-13-12-20-8-4-7-19-6-2-3-11-23(19)20/h2-11,18,24H,12-17H2,1H3. The van der Waals surface area contributed by atoms with Gasteiger partial charge in [-0.2, -0.15) is 0 Å². The first-order chi connectivity index (χ1) is 14.0. The number of nitrogens with one attached hydrogen (secondary N) is 1. The molecule has 1 saturated heterocycles. The fourth-order valence-corrected chi connectivity index (χ4v) is 4.90.